The highest BCUT2D eigenvalue weighted by Gasteiger charge is 2.48. The molecule has 5 rings (SSSR count). The first-order valence-electron chi connectivity index (χ1n) is 9.96. The van der Waals surface area contributed by atoms with Gasteiger partial charge < -0.3 is 15.2 Å². The van der Waals surface area contributed by atoms with Crippen molar-refractivity contribution in [2.45, 2.75) is 44.9 Å². The number of anilines is 1. The molecule has 1 fully saturated rings. The zero-order chi connectivity index (χ0) is 19.8. The number of hydrogen-bond donors (Lipinski definition) is 2. The average molecular weight is 404 g/mol. The molecule has 0 saturated heterocycles. The van der Waals surface area contributed by atoms with Gasteiger partial charge in [0.05, 0.1) is 24.5 Å². The van der Waals surface area contributed by atoms with Crippen LogP contribution in [0.5, 0.6) is 0 Å². The van der Waals surface area contributed by atoms with Crippen molar-refractivity contribution in [3.63, 3.8) is 0 Å². The average Bonchev–Trinajstić information content (AvgIpc) is 2.87. The number of methoxy groups -OCH3 is 1. The summed E-state index contributed by atoms with van der Waals surface area (Å²) in [7, 11) is 1.35. The normalized spacial score (nSPS) is 28.3. The van der Waals surface area contributed by atoms with Crippen LogP contribution in [-0.4, -0.2) is 30.1 Å². The Bertz CT molecular complexity index is 842. The molecule has 150 valence electrons. The van der Waals surface area contributed by atoms with E-state index < -0.39 is 23.8 Å². The van der Waals surface area contributed by atoms with Crippen LogP contribution in [0.15, 0.2) is 12.2 Å². The van der Waals surface area contributed by atoms with Crippen LogP contribution in [0.1, 0.15) is 52.9 Å². The third-order valence-electron chi connectivity index (χ3n) is 6.38. The largest absolute Gasteiger partial charge is 0.481 e. The highest BCUT2D eigenvalue weighted by molar-refractivity contribution is 7.17. The minimum atomic E-state index is -0.922. The third-order valence-corrected chi connectivity index (χ3v) is 7.59. The molecule has 0 aromatic carbocycles. The van der Waals surface area contributed by atoms with Gasteiger partial charge in [-0.2, -0.15) is 0 Å². The molecule has 28 heavy (non-hydrogen) atoms. The van der Waals surface area contributed by atoms with Crippen molar-refractivity contribution >= 4 is 34.2 Å². The van der Waals surface area contributed by atoms with Gasteiger partial charge in [0.1, 0.15) is 5.00 Å². The summed E-state index contributed by atoms with van der Waals surface area (Å²) in [6.45, 7) is 0. The number of carbonyl (C=O) groups excluding carboxylic acids is 2. The molecule has 0 radical (unpaired) electrons. The third kappa shape index (κ3) is 3.26. The van der Waals surface area contributed by atoms with Gasteiger partial charge in [-0.1, -0.05) is 18.6 Å². The second kappa shape index (κ2) is 7.70. The molecule has 0 aliphatic heterocycles. The maximum Gasteiger partial charge on any atom is 0.341 e. The second-order valence-corrected chi connectivity index (χ2v) is 9.03. The van der Waals surface area contributed by atoms with E-state index >= 15 is 0 Å². The monoisotopic (exact) mass is 403 g/mol. The van der Waals surface area contributed by atoms with Gasteiger partial charge in [-0.25, -0.2) is 4.79 Å². The number of carboxylic acid groups (broad SMARTS) is 1. The van der Waals surface area contributed by atoms with Crippen molar-refractivity contribution in [2.24, 2.45) is 23.7 Å². The molecule has 1 aromatic rings. The molecule has 2 N–H and O–H groups in total. The molecule has 1 aromatic heterocycles. The molecule has 4 aliphatic rings. The number of carbonyl (C=O) groups is 3. The fourth-order valence-corrected chi connectivity index (χ4v) is 6.31. The molecular formula is C21H25NO5S. The van der Waals surface area contributed by atoms with Gasteiger partial charge in [0, 0.05) is 4.88 Å². The summed E-state index contributed by atoms with van der Waals surface area (Å²) < 4.78 is 4.99. The van der Waals surface area contributed by atoms with E-state index in [0.29, 0.717) is 10.6 Å². The van der Waals surface area contributed by atoms with E-state index in [0.717, 1.165) is 55.4 Å². The molecule has 1 heterocycles. The molecule has 4 aliphatic carbocycles. The van der Waals surface area contributed by atoms with Crippen LogP contribution >= 0.6 is 11.3 Å². The molecule has 1 amide bonds. The topological polar surface area (TPSA) is 92.7 Å². The van der Waals surface area contributed by atoms with Crippen LogP contribution in [0, 0.1) is 23.7 Å². The van der Waals surface area contributed by atoms with Gasteiger partial charge in [0.2, 0.25) is 5.91 Å². The Kier molecular flexibility index (Phi) is 5.27. The van der Waals surface area contributed by atoms with Crippen molar-refractivity contribution in [1.29, 1.82) is 0 Å². The van der Waals surface area contributed by atoms with Gasteiger partial charge in [-0.05, 0) is 55.9 Å². The van der Waals surface area contributed by atoms with E-state index in [-0.39, 0.29) is 17.7 Å². The maximum atomic E-state index is 13.2. The van der Waals surface area contributed by atoms with E-state index in [2.05, 4.69) is 5.32 Å². The Hall–Kier alpha value is -2.15. The lowest BCUT2D eigenvalue weighted by atomic mass is 9.62. The summed E-state index contributed by atoms with van der Waals surface area (Å²) in [5.41, 5.74) is 1.45. The number of ether oxygens (including phenoxy) is 1. The van der Waals surface area contributed by atoms with E-state index in [4.69, 9.17) is 4.74 Å². The minimum absolute atomic E-state index is 0.0644. The Morgan fingerprint density at radius 1 is 1.07 bits per heavy atom. The predicted molar refractivity (Wildman–Crippen MR) is 106 cm³/mol. The van der Waals surface area contributed by atoms with E-state index in [1.54, 1.807) is 0 Å². The predicted octanol–water partition coefficient (Wildman–Crippen LogP) is 3.66. The standard InChI is InChI=1S/C21H25NO5S/c1-27-21(26)17-13-5-3-2-4-6-14(13)28-19(17)22-18(23)15-11-7-9-12(10-8-11)16(15)20(24)25/h7,9,11-12,15-16H,2-6,8,10H2,1H3,(H,22,23)(H,24,25)/t11-,12-,15+,16+/m0/s1. The minimum Gasteiger partial charge on any atom is -0.481 e. The highest BCUT2D eigenvalue weighted by Crippen LogP contribution is 2.46. The lowest BCUT2D eigenvalue weighted by Gasteiger charge is -2.41. The number of aryl methyl sites for hydroxylation is 1. The lowest BCUT2D eigenvalue weighted by Crippen LogP contribution is -2.47. The van der Waals surface area contributed by atoms with Crippen LogP contribution in [0.2, 0.25) is 0 Å². The van der Waals surface area contributed by atoms with Crippen molar-refractivity contribution in [2.75, 3.05) is 12.4 Å². The summed E-state index contributed by atoms with van der Waals surface area (Å²) in [5.74, 6) is -3.13. The number of carboxylic acids is 1. The maximum absolute atomic E-state index is 13.2. The smallest absolute Gasteiger partial charge is 0.341 e. The number of fused-ring (bicyclic) bond motifs is 3. The number of hydrogen-bond acceptors (Lipinski definition) is 5. The number of nitrogens with one attached hydrogen (secondary N) is 1. The SMILES string of the molecule is COC(=O)c1c(NC(=O)[C@H]2[C@H](C(=O)O)[C@H]3C=C[C@H]2CC3)sc2c1CCCCC2. The Morgan fingerprint density at radius 2 is 1.75 bits per heavy atom. The van der Waals surface area contributed by atoms with Gasteiger partial charge >= 0.3 is 11.9 Å². The molecular weight excluding hydrogens is 378 g/mol. The van der Waals surface area contributed by atoms with Gasteiger partial charge in [0.25, 0.3) is 0 Å². The Labute approximate surface area is 168 Å². The van der Waals surface area contributed by atoms with E-state index in [1.165, 1.54) is 18.4 Å². The Balaban J connectivity index is 1.65. The van der Waals surface area contributed by atoms with Crippen molar-refractivity contribution in [3.8, 4) is 0 Å². The first-order valence-corrected chi connectivity index (χ1v) is 10.8. The summed E-state index contributed by atoms with van der Waals surface area (Å²) in [4.78, 5) is 38.6. The summed E-state index contributed by atoms with van der Waals surface area (Å²) >= 11 is 1.44. The fraction of sp³-hybridized carbons (Fsp3) is 0.571. The highest BCUT2D eigenvalue weighted by atomic mass is 32.1. The summed E-state index contributed by atoms with van der Waals surface area (Å²) in [6.07, 6.45) is 10.5. The van der Waals surface area contributed by atoms with Gasteiger partial charge in [-0.3, -0.25) is 9.59 Å². The van der Waals surface area contributed by atoms with Crippen LogP contribution < -0.4 is 5.32 Å². The van der Waals surface area contributed by atoms with Crippen molar-refractivity contribution in [1.82, 2.24) is 0 Å². The summed E-state index contributed by atoms with van der Waals surface area (Å²) in [5, 5.41) is 13.1. The molecule has 4 atom stereocenters. The summed E-state index contributed by atoms with van der Waals surface area (Å²) in [6, 6.07) is 0. The first-order chi connectivity index (χ1) is 13.5. The zero-order valence-electron chi connectivity index (χ0n) is 15.9. The molecule has 1 saturated carbocycles. The number of aliphatic carboxylic acids is 1. The van der Waals surface area contributed by atoms with E-state index in [9.17, 15) is 19.5 Å². The number of esters is 1. The number of allylic oxidation sites excluding steroid dienone is 2. The quantitative estimate of drug-likeness (QED) is 0.455. The molecule has 2 bridgehead atoms. The number of rotatable bonds is 4. The van der Waals surface area contributed by atoms with Crippen LogP contribution in [0.3, 0.4) is 0 Å². The van der Waals surface area contributed by atoms with Gasteiger partial charge in [-0.15, -0.1) is 11.3 Å². The van der Waals surface area contributed by atoms with Crippen molar-refractivity contribution in [3.05, 3.63) is 28.2 Å². The second-order valence-electron chi connectivity index (χ2n) is 7.93. The van der Waals surface area contributed by atoms with E-state index in [1.807, 2.05) is 12.2 Å². The lowest BCUT2D eigenvalue weighted by molar-refractivity contribution is -0.151. The van der Waals surface area contributed by atoms with Crippen LogP contribution in [0.25, 0.3) is 0 Å². The molecule has 7 heteroatoms. The van der Waals surface area contributed by atoms with Crippen LogP contribution in [0.4, 0.5) is 5.00 Å². The van der Waals surface area contributed by atoms with Crippen molar-refractivity contribution < 1.29 is 24.2 Å². The van der Waals surface area contributed by atoms with Crippen LogP contribution in [-0.2, 0) is 27.2 Å². The molecule has 0 spiro atoms. The number of amides is 1. The zero-order valence-corrected chi connectivity index (χ0v) is 16.7. The number of thiophene rings is 1. The molecule has 0 unspecified atom stereocenters. The van der Waals surface area contributed by atoms with Gasteiger partial charge in [0.15, 0.2) is 0 Å². The first kappa shape index (κ1) is 19.2. The molecule has 6 nitrogen and oxygen atoms in total. The fourth-order valence-electron chi connectivity index (χ4n) is 5.03. The Morgan fingerprint density at radius 3 is 2.39 bits per heavy atom.